The van der Waals surface area contributed by atoms with E-state index in [0.29, 0.717) is 12.8 Å². The maximum Gasteiger partial charge on any atom is 0.306 e. The van der Waals surface area contributed by atoms with Crippen LogP contribution < -0.4 is 0 Å². The van der Waals surface area contributed by atoms with Crippen LogP contribution in [0.4, 0.5) is 0 Å². The molecule has 0 aliphatic rings. The van der Waals surface area contributed by atoms with Gasteiger partial charge in [0.15, 0.2) is 6.10 Å². The Bertz CT molecular complexity index is 1150. The van der Waals surface area contributed by atoms with Gasteiger partial charge in [-0.05, 0) is 83.5 Å². The van der Waals surface area contributed by atoms with Gasteiger partial charge in [0.2, 0.25) is 0 Å². The van der Waals surface area contributed by atoms with Gasteiger partial charge >= 0.3 is 11.9 Å². The molecule has 0 bridgehead atoms. The van der Waals surface area contributed by atoms with Crippen LogP contribution in [0.3, 0.4) is 0 Å². The SMILES string of the molecule is CC/C=C\C/C=C\C/C=C\C/C=C\C/C=C\CCCCCCCCCCCCCCCC(=O)OC(CO)COC(=O)CCCCCCCCCCC/C=C\CCCCCCCCCC. The number of carbonyl (C=O) groups is 2. The first kappa shape index (κ1) is 61.3. The molecule has 1 atom stereocenters. The highest BCUT2D eigenvalue weighted by molar-refractivity contribution is 5.70. The van der Waals surface area contributed by atoms with Crippen molar-refractivity contribution >= 4 is 11.9 Å². The van der Waals surface area contributed by atoms with Gasteiger partial charge in [-0.15, -0.1) is 0 Å². The topological polar surface area (TPSA) is 72.8 Å². The molecule has 0 fully saturated rings. The van der Waals surface area contributed by atoms with E-state index in [9.17, 15) is 14.7 Å². The first-order valence-corrected chi connectivity index (χ1v) is 27.5. The second-order valence-electron chi connectivity index (χ2n) is 18.3. The molecule has 0 spiro atoms. The third-order valence-corrected chi connectivity index (χ3v) is 12.0. The van der Waals surface area contributed by atoms with Gasteiger partial charge in [0.05, 0.1) is 6.61 Å². The molecule has 0 aliphatic heterocycles. The summed E-state index contributed by atoms with van der Waals surface area (Å²) in [6.45, 7) is 4.05. The molecule has 5 nitrogen and oxygen atoms in total. The summed E-state index contributed by atoms with van der Waals surface area (Å²) >= 11 is 0. The fraction of sp³-hybridized carbons (Fsp3) is 0.763. The summed E-state index contributed by atoms with van der Waals surface area (Å²) in [4.78, 5) is 24.5. The van der Waals surface area contributed by atoms with Gasteiger partial charge < -0.3 is 14.6 Å². The van der Waals surface area contributed by atoms with Crippen LogP contribution >= 0.6 is 0 Å². The van der Waals surface area contributed by atoms with Gasteiger partial charge in [-0.25, -0.2) is 0 Å². The Kier molecular flexibility index (Phi) is 52.4. The molecule has 0 amide bonds. The maximum atomic E-state index is 12.3. The van der Waals surface area contributed by atoms with E-state index in [1.54, 1.807) is 0 Å². The molecule has 1 N–H and O–H groups in total. The fourth-order valence-corrected chi connectivity index (χ4v) is 7.87. The molecule has 370 valence electrons. The van der Waals surface area contributed by atoms with E-state index >= 15 is 0 Å². The van der Waals surface area contributed by atoms with Crippen LogP contribution in [-0.4, -0.2) is 36.4 Å². The summed E-state index contributed by atoms with van der Waals surface area (Å²) in [6, 6.07) is 0. The zero-order valence-electron chi connectivity index (χ0n) is 42.3. The molecular formula is C59H104O5. The molecule has 0 heterocycles. The van der Waals surface area contributed by atoms with E-state index in [2.05, 4.69) is 86.8 Å². The van der Waals surface area contributed by atoms with Crippen molar-refractivity contribution in [3.8, 4) is 0 Å². The molecule has 0 saturated heterocycles. The Morgan fingerprint density at radius 2 is 0.672 bits per heavy atom. The van der Waals surface area contributed by atoms with E-state index in [0.717, 1.165) is 70.6 Å². The molecule has 0 aromatic carbocycles. The van der Waals surface area contributed by atoms with Crippen LogP contribution in [0, 0.1) is 0 Å². The summed E-state index contributed by atoms with van der Waals surface area (Å²) in [5.41, 5.74) is 0. The predicted octanol–water partition coefficient (Wildman–Crippen LogP) is 18.4. The zero-order valence-corrected chi connectivity index (χ0v) is 42.3. The number of hydrogen-bond acceptors (Lipinski definition) is 5. The predicted molar refractivity (Wildman–Crippen MR) is 279 cm³/mol. The lowest BCUT2D eigenvalue weighted by Gasteiger charge is -2.15. The lowest BCUT2D eigenvalue weighted by atomic mass is 10.0. The minimum Gasteiger partial charge on any atom is -0.462 e. The lowest BCUT2D eigenvalue weighted by molar-refractivity contribution is -0.161. The van der Waals surface area contributed by atoms with Crippen molar-refractivity contribution in [1.82, 2.24) is 0 Å². The summed E-state index contributed by atoms with van der Waals surface area (Å²) in [6.07, 6.45) is 74.4. The van der Waals surface area contributed by atoms with E-state index < -0.39 is 6.10 Å². The molecule has 64 heavy (non-hydrogen) atoms. The van der Waals surface area contributed by atoms with Crippen molar-refractivity contribution in [2.24, 2.45) is 0 Å². The number of aliphatic hydroxyl groups is 1. The number of rotatable bonds is 50. The quantitative estimate of drug-likeness (QED) is 0.0374. The number of unbranched alkanes of at least 4 members (excludes halogenated alkanes) is 30. The number of ether oxygens (including phenoxy) is 2. The van der Waals surface area contributed by atoms with Crippen LogP contribution in [0.25, 0.3) is 0 Å². The third kappa shape index (κ3) is 52.0. The molecular weight excluding hydrogens is 789 g/mol. The highest BCUT2D eigenvalue weighted by Crippen LogP contribution is 2.16. The summed E-state index contributed by atoms with van der Waals surface area (Å²) in [5.74, 6) is -0.587. The zero-order chi connectivity index (χ0) is 46.3. The largest absolute Gasteiger partial charge is 0.462 e. The molecule has 0 radical (unpaired) electrons. The number of hydrogen-bond donors (Lipinski definition) is 1. The Hall–Kier alpha value is -2.66. The van der Waals surface area contributed by atoms with Crippen LogP contribution in [0.1, 0.15) is 271 Å². The molecule has 5 heteroatoms. The van der Waals surface area contributed by atoms with Gasteiger partial charge in [-0.1, -0.05) is 247 Å². The summed E-state index contributed by atoms with van der Waals surface area (Å²) in [7, 11) is 0. The van der Waals surface area contributed by atoms with Gasteiger partial charge in [-0.3, -0.25) is 9.59 Å². The Labute approximate surface area is 397 Å². The lowest BCUT2D eigenvalue weighted by Crippen LogP contribution is -2.28. The first-order chi connectivity index (χ1) is 31.6. The molecule has 0 saturated carbocycles. The number of allylic oxidation sites excluding steroid dienone is 12. The molecule has 0 aromatic heterocycles. The number of aliphatic hydroxyl groups excluding tert-OH is 1. The third-order valence-electron chi connectivity index (χ3n) is 12.0. The minimum absolute atomic E-state index is 0.0675. The second kappa shape index (κ2) is 54.7. The van der Waals surface area contributed by atoms with Crippen LogP contribution in [0.5, 0.6) is 0 Å². The van der Waals surface area contributed by atoms with Gasteiger partial charge in [-0.2, -0.15) is 0 Å². The number of carbonyl (C=O) groups excluding carboxylic acids is 2. The van der Waals surface area contributed by atoms with Crippen molar-refractivity contribution in [3.05, 3.63) is 72.9 Å². The number of esters is 2. The first-order valence-electron chi connectivity index (χ1n) is 27.5. The average molecular weight is 893 g/mol. The Morgan fingerprint density at radius 3 is 1.03 bits per heavy atom. The van der Waals surface area contributed by atoms with Crippen molar-refractivity contribution in [3.63, 3.8) is 0 Å². The average Bonchev–Trinajstić information content (AvgIpc) is 3.30. The van der Waals surface area contributed by atoms with Crippen molar-refractivity contribution in [1.29, 1.82) is 0 Å². The van der Waals surface area contributed by atoms with Crippen LogP contribution in [-0.2, 0) is 19.1 Å². The van der Waals surface area contributed by atoms with Gasteiger partial charge in [0.1, 0.15) is 6.61 Å². The molecule has 0 rings (SSSR count). The van der Waals surface area contributed by atoms with Crippen molar-refractivity contribution in [2.45, 2.75) is 277 Å². The molecule has 0 aliphatic carbocycles. The van der Waals surface area contributed by atoms with Crippen LogP contribution in [0.15, 0.2) is 72.9 Å². The summed E-state index contributed by atoms with van der Waals surface area (Å²) < 4.78 is 10.7. The highest BCUT2D eigenvalue weighted by atomic mass is 16.6. The molecule has 1 unspecified atom stereocenters. The van der Waals surface area contributed by atoms with E-state index in [1.807, 2.05) is 0 Å². The summed E-state index contributed by atoms with van der Waals surface area (Å²) in [5, 5.41) is 9.65. The maximum absolute atomic E-state index is 12.3. The van der Waals surface area contributed by atoms with E-state index in [1.165, 1.54) is 173 Å². The van der Waals surface area contributed by atoms with Crippen molar-refractivity contribution in [2.75, 3.05) is 13.2 Å². The van der Waals surface area contributed by atoms with Gasteiger partial charge in [0, 0.05) is 12.8 Å². The Balaban J connectivity index is 3.49. The monoisotopic (exact) mass is 893 g/mol. The second-order valence-corrected chi connectivity index (χ2v) is 18.3. The van der Waals surface area contributed by atoms with Gasteiger partial charge in [0.25, 0.3) is 0 Å². The van der Waals surface area contributed by atoms with E-state index in [-0.39, 0.29) is 25.2 Å². The minimum atomic E-state index is -0.776. The van der Waals surface area contributed by atoms with Crippen molar-refractivity contribution < 1.29 is 24.2 Å². The fourth-order valence-electron chi connectivity index (χ4n) is 7.87. The standard InChI is InChI=1S/C59H104O5/c1-3-5-7-9-11-13-15-17-19-21-23-25-26-27-28-29-30-31-32-34-36-38-40-42-44-46-48-50-52-54-59(62)64-57(55-60)56-63-58(61)53-51-49-47-45-43-41-39-37-35-33-24-22-20-18-16-14-12-10-8-6-4-2/h5,7,11,13,17,19,22-25,27-28,57,60H,3-4,6,8-10,12,14-16,18,20-21,26,29-56H2,1-2H3/b7-5-,13-11-,19-17-,24-22-,25-23-,28-27-. The van der Waals surface area contributed by atoms with E-state index in [4.69, 9.17) is 9.47 Å². The molecule has 0 aromatic rings. The highest BCUT2D eigenvalue weighted by Gasteiger charge is 2.16. The van der Waals surface area contributed by atoms with Crippen LogP contribution in [0.2, 0.25) is 0 Å². The smallest absolute Gasteiger partial charge is 0.306 e. The normalized spacial score (nSPS) is 12.7. The Morgan fingerprint density at radius 1 is 0.375 bits per heavy atom.